The lowest BCUT2D eigenvalue weighted by atomic mass is 10.2. The zero-order valence-corrected chi connectivity index (χ0v) is 12.5. The first kappa shape index (κ1) is 14.0. The molecule has 0 aliphatic rings. The van der Waals surface area contributed by atoms with E-state index in [1.165, 1.54) is 0 Å². The maximum Gasteiger partial charge on any atom is 0.267 e. The largest absolute Gasteiger partial charge is 0.351 e. The fourth-order valence-electron chi connectivity index (χ4n) is 2.11. The molecule has 21 heavy (non-hydrogen) atoms. The van der Waals surface area contributed by atoms with Gasteiger partial charge in [-0.3, -0.25) is 4.79 Å². The number of benzene rings is 2. The van der Waals surface area contributed by atoms with Gasteiger partial charge in [0.1, 0.15) is 5.69 Å². The normalized spacial score (nSPS) is 10.8. The fraction of sp³-hybridized carbons (Fsp3) is 0.0625. The lowest BCUT2D eigenvalue weighted by Crippen LogP contribution is -2.22. The third-order valence-electron chi connectivity index (χ3n) is 3.19. The molecule has 3 aromatic rings. The number of nitrogens with one attached hydrogen (secondary N) is 2. The third kappa shape index (κ3) is 3.20. The monoisotopic (exact) mass is 318 g/mol. The van der Waals surface area contributed by atoms with Gasteiger partial charge in [-0.2, -0.15) is 0 Å². The van der Waals surface area contributed by atoms with E-state index < -0.39 is 0 Å². The Morgan fingerprint density at radius 1 is 1.00 bits per heavy atom. The Morgan fingerprint density at radius 2 is 1.71 bits per heavy atom. The summed E-state index contributed by atoms with van der Waals surface area (Å²) in [5, 5.41) is 5.11. The van der Waals surface area contributed by atoms with E-state index in [-0.39, 0.29) is 5.91 Å². The molecule has 106 valence electrons. The van der Waals surface area contributed by atoms with Crippen molar-refractivity contribution in [1.29, 1.82) is 0 Å². The quantitative estimate of drug-likeness (QED) is 0.738. The van der Waals surface area contributed by atoms with Crippen LogP contribution in [0.5, 0.6) is 0 Å². The van der Waals surface area contributed by atoms with Gasteiger partial charge in [-0.15, -0.1) is 0 Å². The van der Waals surface area contributed by atoms with Crippen LogP contribution in [0.1, 0.15) is 16.1 Å². The number of aromatic nitrogens is 1. The van der Waals surface area contributed by atoms with Crippen LogP contribution in [0.3, 0.4) is 0 Å². The molecule has 2 N–H and O–H groups in total. The average Bonchev–Trinajstić information content (AvgIpc) is 2.89. The van der Waals surface area contributed by atoms with E-state index in [1.54, 1.807) is 24.3 Å². The van der Waals surface area contributed by atoms with Crippen LogP contribution in [-0.2, 0) is 6.54 Å². The second-order valence-electron chi connectivity index (χ2n) is 4.72. The molecule has 0 spiro atoms. The Kier molecular flexibility index (Phi) is 3.86. The number of aromatic amines is 1. The lowest BCUT2D eigenvalue weighted by molar-refractivity contribution is 0.0947. The zero-order chi connectivity index (χ0) is 14.8. The van der Waals surface area contributed by atoms with E-state index in [9.17, 15) is 4.79 Å². The van der Waals surface area contributed by atoms with Crippen molar-refractivity contribution < 1.29 is 4.79 Å². The van der Waals surface area contributed by atoms with E-state index in [0.29, 0.717) is 22.3 Å². The molecule has 1 heterocycles. The molecule has 0 aliphatic carbocycles. The maximum absolute atomic E-state index is 12.1. The number of hydrogen-bond acceptors (Lipinski definition) is 1. The topological polar surface area (TPSA) is 44.9 Å². The van der Waals surface area contributed by atoms with Crippen molar-refractivity contribution in [3.05, 3.63) is 69.8 Å². The van der Waals surface area contributed by atoms with Crippen molar-refractivity contribution in [2.45, 2.75) is 6.54 Å². The highest BCUT2D eigenvalue weighted by Gasteiger charge is 2.09. The molecule has 3 rings (SSSR count). The number of rotatable bonds is 3. The zero-order valence-electron chi connectivity index (χ0n) is 11.0. The van der Waals surface area contributed by atoms with Gasteiger partial charge in [0.25, 0.3) is 5.91 Å². The molecule has 0 radical (unpaired) electrons. The SMILES string of the molecule is O=C(NCc1ccc(Cl)cc1)c1cc2cc(Cl)ccc2[nH]1. The number of halogens is 2. The summed E-state index contributed by atoms with van der Waals surface area (Å²) >= 11 is 11.8. The summed E-state index contributed by atoms with van der Waals surface area (Å²) in [6.45, 7) is 0.451. The van der Waals surface area contributed by atoms with Gasteiger partial charge in [0.15, 0.2) is 0 Å². The highest BCUT2D eigenvalue weighted by Crippen LogP contribution is 2.20. The van der Waals surface area contributed by atoms with E-state index in [2.05, 4.69) is 10.3 Å². The van der Waals surface area contributed by atoms with Gasteiger partial charge in [0.2, 0.25) is 0 Å². The minimum Gasteiger partial charge on any atom is -0.351 e. The maximum atomic E-state index is 12.1. The first-order valence-corrected chi connectivity index (χ1v) is 7.18. The van der Waals surface area contributed by atoms with E-state index in [4.69, 9.17) is 23.2 Å². The molecular formula is C16H12Cl2N2O. The molecule has 2 aromatic carbocycles. The van der Waals surface area contributed by atoms with Gasteiger partial charge < -0.3 is 10.3 Å². The smallest absolute Gasteiger partial charge is 0.267 e. The second kappa shape index (κ2) is 5.80. The molecule has 0 aliphatic heterocycles. The molecule has 3 nitrogen and oxygen atoms in total. The molecule has 0 bridgehead atoms. The van der Waals surface area contributed by atoms with Crippen molar-refractivity contribution in [1.82, 2.24) is 10.3 Å². The van der Waals surface area contributed by atoms with Gasteiger partial charge in [-0.25, -0.2) is 0 Å². The molecule has 0 unspecified atom stereocenters. The summed E-state index contributed by atoms with van der Waals surface area (Å²) in [5.41, 5.74) is 2.39. The van der Waals surface area contributed by atoms with E-state index in [1.807, 2.05) is 24.3 Å². The van der Waals surface area contributed by atoms with E-state index in [0.717, 1.165) is 16.5 Å². The molecule has 1 amide bonds. The number of H-pyrrole nitrogens is 1. The van der Waals surface area contributed by atoms with Crippen LogP contribution in [0, 0.1) is 0 Å². The Labute approximate surface area is 131 Å². The highest BCUT2D eigenvalue weighted by atomic mass is 35.5. The predicted octanol–water partition coefficient (Wildman–Crippen LogP) is 4.40. The summed E-state index contributed by atoms with van der Waals surface area (Å²) in [4.78, 5) is 15.2. The number of amides is 1. The number of fused-ring (bicyclic) bond motifs is 1. The Bertz CT molecular complexity index is 794. The van der Waals surface area contributed by atoms with Crippen molar-refractivity contribution >= 4 is 40.0 Å². The molecule has 0 atom stereocenters. The third-order valence-corrected chi connectivity index (χ3v) is 3.68. The average molecular weight is 319 g/mol. The Hall–Kier alpha value is -1.97. The predicted molar refractivity (Wildman–Crippen MR) is 85.9 cm³/mol. The first-order chi connectivity index (χ1) is 10.1. The van der Waals surface area contributed by atoms with Crippen LogP contribution in [0.4, 0.5) is 0 Å². The second-order valence-corrected chi connectivity index (χ2v) is 5.60. The fourth-order valence-corrected chi connectivity index (χ4v) is 2.41. The van der Waals surface area contributed by atoms with Crippen molar-refractivity contribution in [2.24, 2.45) is 0 Å². The molecule has 0 saturated heterocycles. The summed E-state index contributed by atoms with van der Waals surface area (Å²) in [6.07, 6.45) is 0. The van der Waals surface area contributed by atoms with Gasteiger partial charge in [0.05, 0.1) is 0 Å². The minimum absolute atomic E-state index is 0.155. The first-order valence-electron chi connectivity index (χ1n) is 6.43. The Balaban J connectivity index is 1.73. The minimum atomic E-state index is -0.155. The van der Waals surface area contributed by atoms with Gasteiger partial charge >= 0.3 is 0 Å². The standard InChI is InChI=1S/C16H12Cl2N2O/c17-12-3-1-10(2-4-12)9-19-16(21)15-8-11-7-13(18)5-6-14(11)20-15/h1-8,20H,9H2,(H,19,21). The van der Waals surface area contributed by atoms with Crippen LogP contribution >= 0.6 is 23.2 Å². The molecule has 0 saturated carbocycles. The summed E-state index contributed by atoms with van der Waals surface area (Å²) in [5.74, 6) is -0.155. The van der Waals surface area contributed by atoms with Crippen LogP contribution < -0.4 is 5.32 Å². The van der Waals surface area contributed by atoms with E-state index >= 15 is 0 Å². The summed E-state index contributed by atoms with van der Waals surface area (Å²) < 4.78 is 0. The van der Waals surface area contributed by atoms with Crippen LogP contribution in [0.25, 0.3) is 10.9 Å². The lowest BCUT2D eigenvalue weighted by Gasteiger charge is -2.04. The molecule has 5 heteroatoms. The molecule has 0 fully saturated rings. The van der Waals surface area contributed by atoms with Crippen LogP contribution in [0.15, 0.2) is 48.5 Å². The van der Waals surface area contributed by atoms with Gasteiger partial charge in [0, 0.05) is 27.5 Å². The van der Waals surface area contributed by atoms with Crippen molar-refractivity contribution in [2.75, 3.05) is 0 Å². The highest BCUT2D eigenvalue weighted by molar-refractivity contribution is 6.31. The van der Waals surface area contributed by atoms with Gasteiger partial charge in [-0.1, -0.05) is 35.3 Å². The van der Waals surface area contributed by atoms with Crippen LogP contribution in [-0.4, -0.2) is 10.9 Å². The number of carbonyl (C=O) groups excluding carboxylic acids is 1. The number of carbonyl (C=O) groups is 1. The van der Waals surface area contributed by atoms with Gasteiger partial charge in [-0.05, 0) is 42.0 Å². The summed E-state index contributed by atoms with van der Waals surface area (Å²) in [7, 11) is 0. The van der Waals surface area contributed by atoms with Crippen molar-refractivity contribution in [3.8, 4) is 0 Å². The van der Waals surface area contributed by atoms with Crippen molar-refractivity contribution in [3.63, 3.8) is 0 Å². The number of hydrogen-bond donors (Lipinski definition) is 2. The molecular weight excluding hydrogens is 307 g/mol. The summed E-state index contributed by atoms with van der Waals surface area (Å²) in [6, 6.07) is 14.6. The van der Waals surface area contributed by atoms with Crippen LogP contribution in [0.2, 0.25) is 10.0 Å². The molecule has 1 aromatic heterocycles. The Morgan fingerprint density at radius 3 is 2.48 bits per heavy atom.